The van der Waals surface area contributed by atoms with Crippen LogP contribution in [-0.4, -0.2) is 21.6 Å². The van der Waals surface area contributed by atoms with Gasteiger partial charge in [0.25, 0.3) is 0 Å². The molecule has 0 spiro atoms. The molecule has 1 heterocycles. The second-order valence-electron chi connectivity index (χ2n) is 4.99. The average Bonchev–Trinajstić information content (AvgIpc) is 3.18. The molecule has 1 aromatic heterocycles. The number of nitrogens with one attached hydrogen (secondary N) is 1. The van der Waals surface area contributed by atoms with Gasteiger partial charge in [-0.25, -0.2) is 0 Å². The lowest BCUT2D eigenvalue weighted by Gasteiger charge is -2.22. The van der Waals surface area contributed by atoms with Crippen LogP contribution in [0.3, 0.4) is 0 Å². The van der Waals surface area contributed by atoms with E-state index in [1.54, 1.807) is 0 Å². The molecule has 21 heavy (non-hydrogen) atoms. The summed E-state index contributed by atoms with van der Waals surface area (Å²) in [5, 5.41) is 13.8. The number of alkyl halides is 3. The Balaban J connectivity index is 2.11. The summed E-state index contributed by atoms with van der Waals surface area (Å²) in [6.07, 6.45) is -3.14. The zero-order chi connectivity index (χ0) is 15.3. The first-order chi connectivity index (χ1) is 9.84. The molecule has 110 valence electrons. The van der Waals surface area contributed by atoms with E-state index in [4.69, 9.17) is 0 Å². The third-order valence-electron chi connectivity index (χ3n) is 3.61. The molecule has 0 bridgehead atoms. The summed E-state index contributed by atoms with van der Waals surface area (Å²) in [5.41, 5.74) is -2.19. The third-order valence-corrected chi connectivity index (χ3v) is 3.61. The van der Waals surface area contributed by atoms with E-state index in [2.05, 4.69) is 10.3 Å². The van der Waals surface area contributed by atoms with Crippen LogP contribution in [0, 0.1) is 10.1 Å². The molecule has 1 aliphatic rings. The molecular formula is C13H10F3N3O2. The van der Waals surface area contributed by atoms with E-state index < -0.39 is 16.6 Å². The number of nitro groups is 1. The van der Waals surface area contributed by atoms with Crippen LogP contribution in [0.4, 0.5) is 24.5 Å². The Morgan fingerprint density at radius 3 is 2.57 bits per heavy atom. The summed E-state index contributed by atoms with van der Waals surface area (Å²) in [5.74, 6) is 0. The van der Waals surface area contributed by atoms with Gasteiger partial charge in [0.1, 0.15) is 11.2 Å². The van der Waals surface area contributed by atoms with Crippen molar-refractivity contribution in [1.82, 2.24) is 4.98 Å². The summed E-state index contributed by atoms with van der Waals surface area (Å²) in [6, 6.07) is 5.73. The summed E-state index contributed by atoms with van der Waals surface area (Å²) in [7, 11) is 0. The van der Waals surface area contributed by atoms with E-state index in [-0.39, 0.29) is 29.6 Å². The van der Waals surface area contributed by atoms with Gasteiger partial charge in [-0.2, -0.15) is 13.2 Å². The molecular weight excluding hydrogens is 287 g/mol. The standard InChI is InChI=1S/C13H10F3N3O2/c14-13(15,16)12(5-6-12)18-10-4-3-9-8(2-1-7-17-9)11(10)19(20)21/h1-4,7,18H,5-6H2. The van der Waals surface area contributed by atoms with Gasteiger partial charge in [-0.3, -0.25) is 15.1 Å². The second kappa shape index (κ2) is 4.31. The topological polar surface area (TPSA) is 68.1 Å². The van der Waals surface area contributed by atoms with Crippen molar-refractivity contribution < 1.29 is 18.1 Å². The Kier molecular flexibility index (Phi) is 2.79. The SMILES string of the molecule is O=[N+]([O-])c1c(NC2(C(F)(F)F)CC2)ccc2ncccc12. The molecule has 1 aromatic carbocycles. The van der Waals surface area contributed by atoms with E-state index in [0.717, 1.165) is 0 Å². The maximum absolute atomic E-state index is 13.0. The predicted molar refractivity (Wildman–Crippen MR) is 70.0 cm³/mol. The van der Waals surface area contributed by atoms with Crippen LogP contribution >= 0.6 is 0 Å². The highest BCUT2D eigenvalue weighted by Gasteiger charge is 2.64. The van der Waals surface area contributed by atoms with Crippen molar-refractivity contribution in [2.45, 2.75) is 24.6 Å². The van der Waals surface area contributed by atoms with E-state index in [9.17, 15) is 23.3 Å². The van der Waals surface area contributed by atoms with Crippen molar-refractivity contribution >= 4 is 22.3 Å². The lowest BCUT2D eigenvalue weighted by molar-refractivity contribution is -0.382. The highest BCUT2D eigenvalue weighted by atomic mass is 19.4. The Bertz CT molecular complexity index is 726. The highest BCUT2D eigenvalue weighted by Crippen LogP contribution is 2.52. The zero-order valence-corrected chi connectivity index (χ0v) is 10.6. The fraction of sp³-hybridized carbons (Fsp3) is 0.308. The molecule has 1 fully saturated rings. The predicted octanol–water partition coefficient (Wildman–Crippen LogP) is 3.65. The van der Waals surface area contributed by atoms with Crippen LogP contribution in [0.25, 0.3) is 10.9 Å². The minimum absolute atomic E-state index is 0.0846. The van der Waals surface area contributed by atoms with Crippen molar-refractivity contribution in [2.24, 2.45) is 0 Å². The number of halogens is 3. The lowest BCUT2D eigenvalue weighted by atomic mass is 10.1. The largest absolute Gasteiger partial charge is 0.411 e. The van der Waals surface area contributed by atoms with Crippen LogP contribution in [0.5, 0.6) is 0 Å². The number of aromatic nitrogens is 1. The van der Waals surface area contributed by atoms with Gasteiger partial charge in [0.15, 0.2) is 0 Å². The van der Waals surface area contributed by atoms with E-state index in [0.29, 0.717) is 5.52 Å². The molecule has 0 amide bonds. The number of anilines is 1. The Morgan fingerprint density at radius 2 is 2.00 bits per heavy atom. The normalized spacial score (nSPS) is 16.7. The maximum atomic E-state index is 13.0. The third kappa shape index (κ3) is 2.16. The van der Waals surface area contributed by atoms with Gasteiger partial charge < -0.3 is 5.32 Å². The van der Waals surface area contributed by atoms with Crippen LogP contribution in [0.1, 0.15) is 12.8 Å². The number of benzene rings is 1. The molecule has 2 aromatic rings. The van der Waals surface area contributed by atoms with E-state index >= 15 is 0 Å². The highest BCUT2D eigenvalue weighted by molar-refractivity contribution is 5.94. The van der Waals surface area contributed by atoms with Gasteiger partial charge in [-0.05, 0) is 37.1 Å². The van der Waals surface area contributed by atoms with Gasteiger partial charge in [-0.1, -0.05) is 0 Å². The Labute approximate surface area is 116 Å². The zero-order valence-electron chi connectivity index (χ0n) is 10.6. The van der Waals surface area contributed by atoms with Crippen LogP contribution < -0.4 is 5.32 Å². The number of pyridine rings is 1. The number of nitro benzene ring substituents is 1. The Hall–Kier alpha value is -2.38. The smallest absolute Gasteiger partial charge is 0.366 e. The molecule has 0 unspecified atom stereocenters. The summed E-state index contributed by atoms with van der Waals surface area (Å²) in [6.45, 7) is 0. The molecule has 1 N–H and O–H groups in total. The number of nitrogens with zero attached hydrogens (tertiary/aromatic N) is 2. The Morgan fingerprint density at radius 1 is 1.29 bits per heavy atom. The number of hydrogen-bond donors (Lipinski definition) is 1. The molecule has 3 rings (SSSR count). The quantitative estimate of drug-likeness (QED) is 0.693. The first kappa shape index (κ1) is 13.6. The van der Waals surface area contributed by atoms with Gasteiger partial charge in [0.2, 0.25) is 0 Å². The maximum Gasteiger partial charge on any atom is 0.411 e. The van der Waals surface area contributed by atoms with Crippen LogP contribution in [0.2, 0.25) is 0 Å². The number of rotatable bonds is 3. The lowest BCUT2D eigenvalue weighted by Crippen LogP contribution is -2.38. The molecule has 8 heteroatoms. The van der Waals surface area contributed by atoms with E-state index in [1.807, 2.05) is 0 Å². The van der Waals surface area contributed by atoms with Crippen molar-refractivity contribution in [3.05, 3.63) is 40.6 Å². The first-order valence-corrected chi connectivity index (χ1v) is 6.21. The summed E-state index contributed by atoms with van der Waals surface area (Å²) in [4.78, 5) is 14.5. The summed E-state index contributed by atoms with van der Waals surface area (Å²) >= 11 is 0. The fourth-order valence-corrected chi connectivity index (χ4v) is 2.30. The molecule has 5 nitrogen and oxygen atoms in total. The minimum Gasteiger partial charge on any atom is -0.366 e. The first-order valence-electron chi connectivity index (χ1n) is 6.21. The monoisotopic (exact) mass is 297 g/mol. The van der Waals surface area contributed by atoms with E-state index in [1.165, 1.54) is 30.5 Å². The molecule has 0 radical (unpaired) electrons. The fourth-order valence-electron chi connectivity index (χ4n) is 2.30. The second-order valence-corrected chi connectivity index (χ2v) is 4.99. The van der Waals surface area contributed by atoms with Crippen molar-refractivity contribution in [3.8, 4) is 0 Å². The summed E-state index contributed by atoms with van der Waals surface area (Å²) < 4.78 is 39.0. The number of hydrogen-bond acceptors (Lipinski definition) is 4. The van der Waals surface area contributed by atoms with Crippen molar-refractivity contribution in [3.63, 3.8) is 0 Å². The van der Waals surface area contributed by atoms with Crippen molar-refractivity contribution in [1.29, 1.82) is 0 Å². The minimum atomic E-state index is -4.44. The van der Waals surface area contributed by atoms with Gasteiger partial charge in [-0.15, -0.1) is 0 Å². The van der Waals surface area contributed by atoms with Crippen LogP contribution in [0.15, 0.2) is 30.5 Å². The van der Waals surface area contributed by atoms with Gasteiger partial charge >= 0.3 is 11.9 Å². The molecule has 1 aliphatic carbocycles. The average molecular weight is 297 g/mol. The molecule has 0 atom stereocenters. The number of fused-ring (bicyclic) bond motifs is 1. The molecule has 0 aliphatic heterocycles. The molecule has 1 saturated carbocycles. The van der Waals surface area contributed by atoms with Crippen LogP contribution in [-0.2, 0) is 0 Å². The molecule has 0 saturated heterocycles. The van der Waals surface area contributed by atoms with Gasteiger partial charge in [0.05, 0.1) is 15.8 Å². The van der Waals surface area contributed by atoms with Gasteiger partial charge in [0, 0.05) is 6.20 Å². The van der Waals surface area contributed by atoms with Crippen molar-refractivity contribution in [2.75, 3.05) is 5.32 Å².